The molecule has 0 saturated carbocycles. The highest BCUT2D eigenvalue weighted by atomic mass is 32.2. The molecule has 1 heterocycles. The van der Waals surface area contributed by atoms with Gasteiger partial charge in [-0.1, -0.05) is 23.9 Å². The van der Waals surface area contributed by atoms with Crippen molar-refractivity contribution < 1.29 is 14.6 Å². The molecule has 1 aromatic heterocycles. The monoisotopic (exact) mass is 305 g/mol. The van der Waals surface area contributed by atoms with Crippen molar-refractivity contribution in [2.24, 2.45) is 0 Å². The molecule has 2 aromatic rings. The number of nitrogens with one attached hydrogen (secondary N) is 1. The van der Waals surface area contributed by atoms with Crippen LogP contribution in [0, 0.1) is 0 Å². The van der Waals surface area contributed by atoms with E-state index in [1.54, 1.807) is 7.11 Å². The van der Waals surface area contributed by atoms with E-state index in [0.717, 1.165) is 11.3 Å². The van der Waals surface area contributed by atoms with E-state index in [1.807, 2.05) is 30.5 Å². The number of carbonyl (C=O) groups is 1. The SMILES string of the molecule is COc1ccc(CNc2nc(SC)ncc2C(=O)O)cc1. The van der Waals surface area contributed by atoms with Gasteiger partial charge in [0.25, 0.3) is 0 Å². The van der Waals surface area contributed by atoms with Gasteiger partial charge in [-0.25, -0.2) is 14.8 Å². The summed E-state index contributed by atoms with van der Waals surface area (Å²) in [5.41, 5.74) is 1.05. The Bertz CT molecular complexity index is 632. The fraction of sp³-hybridized carbons (Fsp3) is 0.214. The van der Waals surface area contributed by atoms with Crippen LogP contribution < -0.4 is 10.1 Å². The zero-order chi connectivity index (χ0) is 15.2. The number of aromatic nitrogens is 2. The van der Waals surface area contributed by atoms with Crippen LogP contribution in [0.25, 0.3) is 0 Å². The lowest BCUT2D eigenvalue weighted by atomic mass is 10.2. The van der Waals surface area contributed by atoms with Crippen LogP contribution in [0.4, 0.5) is 5.82 Å². The van der Waals surface area contributed by atoms with Crippen LogP contribution in [-0.2, 0) is 6.54 Å². The second kappa shape index (κ2) is 6.94. The van der Waals surface area contributed by atoms with Crippen molar-refractivity contribution in [2.75, 3.05) is 18.7 Å². The van der Waals surface area contributed by atoms with Crippen LogP contribution in [0.3, 0.4) is 0 Å². The highest BCUT2D eigenvalue weighted by molar-refractivity contribution is 7.98. The van der Waals surface area contributed by atoms with Gasteiger partial charge in [0.15, 0.2) is 5.16 Å². The Labute approximate surface area is 126 Å². The van der Waals surface area contributed by atoms with Crippen molar-refractivity contribution in [3.63, 3.8) is 0 Å². The van der Waals surface area contributed by atoms with Gasteiger partial charge in [0, 0.05) is 12.7 Å². The average molecular weight is 305 g/mol. The molecule has 0 radical (unpaired) electrons. The predicted octanol–water partition coefficient (Wildman–Crippen LogP) is 2.52. The molecule has 0 aliphatic heterocycles. The van der Waals surface area contributed by atoms with Crippen LogP contribution >= 0.6 is 11.8 Å². The highest BCUT2D eigenvalue weighted by Gasteiger charge is 2.13. The van der Waals surface area contributed by atoms with Gasteiger partial charge < -0.3 is 15.2 Å². The quantitative estimate of drug-likeness (QED) is 0.626. The minimum Gasteiger partial charge on any atom is -0.497 e. The smallest absolute Gasteiger partial charge is 0.341 e. The lowest BCUT2D eigenvalue weighted by molar-refractivity contribution is 0.0697. The maximum Gasteiger partial charge on any atom is 0.341 e. The largest absolute Gasteiger partial charge is 0.497 e. The normalized spacial score (nSPS) is 10.2. The third-order valence-corrected chi connectivity index (χ3v) is 3.36. The number of hydrogen-bond donors (Lipinski definition) is 2. The van der Waals surface area contributed by atoms with Gasteiger partial charge in [0.1, 0.15) is 17.1 Å². The fourth-order valence-electron chi connectivity index (χ4n) is 1.68. The first-order chi connectivity index (χ1) is 10.1. The molecule has 0 aliphatic rings. The summed E-state index contributed by atoms with van der Waals surface area (Å²) in [7, 11) is 1.61. The molecule has 0 amide bonds. The number of nitrogens with zero attached hydrogens (tertiary/aromatic N) is 2. The molecule has 2 N–H and O–H groups in total. The first-order valence-corrected chi connectivity index (χ1v) is 7.37. The Hall–Kier alpha value is -2.28. The molecule has 0 atom stereocenters. The van der Waals surface area contributed by atoms with E-state index in [9.17, 15) is 4.79 Å². The van der Waals surface area contributed by atoms with Crippen molar-refractivity contribution in [1.82, 2.24) is 9.97 Å². The number of aromatic carboxylic acids is 1. The molecule has 6 nitrogen and oxygen atoms in total. The zero-order valence-corrected chi connectivity index (χ0v) is 12.5. The topological polar surface area (TPSA) is 84.3 Å². The van der Waals surface area contributed by atoms with Crippen molar-refractivity contribution >= 4 is 23.5 Å². The van der Waals surface area contributed by atoms with E-state index in [0.29, 0.717) is 17.5 Å². The Balaban J connectivity index is 2.15. The summed E-state index contributed by atoms with van der Waals surface area (Å²) in [5, 5.41) is 12.7. The Kier molecular flexibility index (Phi) is 4.99. The minimum absolute atomic E-state index is 0.0568. The second-order valence-electron chi connectivity index (χ2n) is 4.13. The zero-order valence-electron chi connectivity index (χ0n) is 11.7. The Morgan fingerprint density at radius 1 is 1.38 bits per heavy atom. The molecule has 21 heavy (non-hydrogen) atoms. The summed E-state index contributed by atoms with van der Waals surface area (Å²) < 4.78 is 5.09. The summed E-state index contributed by atoms with van der Waals surface area (Å²) in [4.78, 5) is 19.3. The maximum atomic E-state index is 11.2. The Morgan fingerprint density at radius 2 is 2.10 bits per heavy atom. The molecule has 0 aliphatic carbocycles. The molecule has 0 spiro atoms. The molecule has 0 saturated heterocycles. The summed E-state index contributed by atoms with van der Waals surface area (Å²) in [5.74, 6) is 0.0363. The van der Waals surface area contributed by atoms with Gasteiger partial charge in [-0.05, 0) is 24.0 Å². The first kappa shape index (κ1) is 15.1. The molecule has 0 bridgehead atoms. The summed E-state index contributed by atoms with van der Waals surface area (Å²) in [6, 6.07) is 7.51. The predicted molar refractivity (Wildman–Crippen MR) is 81.1 cm³/mol. The number of ether oxygens (including phenoxy) is 1. The van der Waals surface area contributed by atoms with Crippen LogP contribution in [-0.4, -0.2) is 34.4 Å². The van der Waals surface area contributed by atoms with E-state index in [4.69, 9.17) is 9.84 Å². The Morgan fingerprint density at radius 3 is 2.67 bits per heavy atom. The molecule has 1 aromatic carbocycles. The average Bonchev–Trinajstić information content (AvgIpc) is 2.52. The van der Waals surface area contributed by atoms with E-state index in [2.05, 4.69) is 15.3 Å². The number of carboxylic acids is 1. The lowest BCUT2D eigenvalue weighted by Gasteiger charge is -2.09. The first-order valence-electron chi connectivity index (χ1n) is 6.15. The van der Waals surface area contributed by atoms with E-state index in [1.165, 1.54) is 18.0 Å². The van der Waals surface area contributed by atoms with Crippen LogP contribution in [0.5, 0.6) is 5.75 Å². The summed E-state index contributed by atoms with van der Waals surface area (Å²) >= 11 is 1.36. The minimum atomic E-state index is -1.06. The summed E-state index contributed by atoms with van der Waals surface area (Å²) in [6.45, 7) is 0.467. The van der Waals surface area contributed by atoms with Crippen molar-refractivity contribution in [1.29, 1.82) is 0 Å². The molecular weight excluding hydrogens is 290 g/mol. The maximum absolute atomic E-state index is 11.2. The lowest BCUT2D eigenvalue weighted by Crippen LogP contribution is -2.10. The van der Waals surface area contributed by atoms with Crippen molar-refractivity contribution in [3.8, 4) is 5.75 Å². The molecule has 2 rings (SSSR count). The fourth-order valence-corrected chi connectivity index (χ4v) is 2.03. The number of benzene rings is 1. The number of rotatable bonds is 6. The number of hydrogen-bond acceptors (Lipinski definition) is 6. The number of thioether (sulfide) groups is 1. The third-order valence-electron chi connectivity index (χ3n) is 2.80. The van der Waals surface area contributed by atoms with Crippen LogP contribution in [0.1, 0.15) is 15.9 Å². The number of methoxy groups -OCH3 is 1. The van der Waals surface area contributed by atoms with Crippen LogP contribution in [0.15, 0.2) is 35.6 Å². The molecular formula is C14H15N3O3S. The van der Waals surface area contributed by atoms with E-state index < -0.39 is 5.97 Å². The second-order valence-corrected chi connectivity index (χ2v) is 4.90. The van der Waals surface area contributed by atoms with Gasteiger partial charge in [-0.15, -0.1) is 0 Å². The van der Waals surface area contributed by atoms with Gasteiger partial charge in [0.2, 0.25) is 0 Å². The highest BCUT2D eigenvalue weighted by Crippen LogP contribution is 2.18. The third kappa shape index (κ3) is 3.85. The van der Waals surface area contributed by atoms with E-state index in [-0.39, 0.29) is 5.56 Å². The van der Waals surface area contributed by atoms with Crippen molar-refractivity contribution in [3.05, 3.63) is 41.6 Å². The standard InChI is InChI=1S/C14H15N3O3S/c1-20-10-5-3-9(4-6-10)7-15-12-11(13(18)19)8-16-14(17-12)21-2/h3-6,8H,7H2,1-2H3,(H,18,19)(H,15,16,17). The van der Waals surface area contributed by atoms with Gasteiger partial charge in [-0.2, -0.15) is 0 Å². The van der Waals surface area contributed by atoms with E-state index >= 15 is 0 Å². The number of anilines is 1. The van der Waals surface area contributed by atoms with Gasteiger partial charge in [-0.3, -0.25) is 0 Å². The molecule has 110 valence electrons. The van der Waals surface area contributed by atoms with Crippen molar-refractivity contribution in [2.45, 2.75) is 11.7 Å². The summed E-state index contributed by atoms with van der Waals surface area (Å²) in [6.07, 6.45) is 3.15. The van der Waals surface area contributed by atoms with Crippen LogP contribution in [0.2, 0.25) is 0 Å². The molecule has 7 heteroatoms. The van der Waals surface area contributed by atoms with Gasteiger partial charge in [0.05, 0.1) is 7.11 Å². The molecule has 0 unspecified atom stereocenters. The molecule has 0 fully saturated rings. The van der Waals surface area contributed by atoms with Gasteiger partial charge >= 0.3 is 5.97 Å². The number of carboxylic acid groups (broad SMARTS) is 1.